The number of carbonyl (C=O) groups is 2. The normalized spacial score (nSPS) is 20.5. The standard InChI is InChI=1S/C24H27FN4O2/c1-4-24(25)7-11-27(12-8-24)23(31)19-14-21-17(2)5-10-29(22(21)26-15-19)20-6-9-28(16-30)18(3)13-20/h6,9,13-16H,2-5,7-8,10-12H2,1H3. The summed E-state index contributed by atoms with van der Waals surface area (Å²) in [4.78, 5) is 33.9. The third-order valence-corrected chi connectivity index (χ3v) is 6.45. The molecule has 162 valence electrons. The van der Waals surface area contributed by atoms with Crippen LogP contribution in [0.2, 0.25) is 0 Å². The number of hydrogen-bond donors (Lipinski definition) is 0. The van der Waals surface area contributed by atoms with Crippen LogP contribution in [-0.4, -0.2) is 52.4 Å². The zero-order chi connectivity index (χ0) is 22.2. The number of likely N-dealkylation sites (tertiary alicyclic amines) is 1. The predicted molar refractivity (Wildman–Crippen MR) is 119 cm³/mol. The minimum absolute atomic E-state index is 0.120. The van der Waals surface area contributed by atoms with Crippen LogP contribution in [0.15, 0.2) is 55.2 Å². The first kappa shape index (κ1) is 21.0. The Balaban J connectivity index is 1.58. The highest BCUT2D eigenvalue weighted by atomic mass is 19.1. The first-order valence-electron chi connectivity index (χ1n) is 10.6. The lowest BCUT2D eigenvalue weighted by molar-refractivity contribution is -0.114. The van der Waals surface area contributed by atoms with Gasteiger partial charge < -0.3 is 9.80 Å². The fourth-order valence-corrected chi connectivity index (χ4v) is 4.25. The number of aromatic nitrogens is 1. The number of rotatable bonds is 4. The van der Waals surface area contributed by atoms with Crippen molar-refractivity contribution in [2.75, 3.05) is 24.5 Å². The zero-order valence-electron chi connectivity index (χ0n) is 17.8. The Labute approximate surface area is 182 Å². The maximum absolute atomic E-state index is 14.5. The highest BCUT2D eigenvalue weighted by molar-refractivity contribution is 5.96. The molecule has 1 saturated heterocycles. The molecule has 1 fully saturated rings. The first-order valence-corrected chi connectivity index (χ1v) is 10.6. The van der Waals surface area contributed by atoms with E-state index >= 15 is 0 Å². The van der Waals surface area contributed by atoms with Crippen molar-refractivity contribution in [1.29, 1.82) is 0 Å². The molecule has 0 radical (unpaired) electrons. The molecule has 4 rings (SSSR count). The number of fused-ring (bicyclic) bond motifs is 1. The number of anilines is 1. The van der Waals surface area contributed by atoms with Gasteiger partial charge in [-0.2, -0.15) is 0 Å². The van der Waals surface area contributed by atoms with Crippen LogP contribution in [-0.2, 0) is 4.79 Å². The van der Waals surface area contributed by atoms with Crippen LogP contribution in [0.5, 0.6) is 0 Å². The number of alkyl halides is 1. The molecule has 0 spiro atoms. The minimum atomic E-state index is -1.16. The lowest BCUT2D eigenvalue weighted by Crippen LogP contribution is -2.44. The number of nitrogens with zero attached hydrogens (tertiary/aromatic N) is 4. The van der Waals surface area contributed by atoms with Crippen molar-refractivity contribution >= 4 is 23.7 Å². The van der Waals surface area contributed by atoms with E-state index in [0.717, 1.165) is 29.1 Å². The monoisotopic (exact) mass is 422 g/mol. The molecule has 2 amide bonds. The van der Waals surface area contributed by atoms with Gasteiger partial charge in [0, 0.05) is 49.0 Å². The van der Waals surface area contributed by atoms with Gasteiger partial charge in [0.05, 0.1) is 5.56 Å². The molecule has 6 nitrogen and oxygen atoms in total. The van der Waals surface area contributed by atoms with Crippen molar-refractivity contribution in [3.05, 3.63) is 66.3 Å². The van der Waals surface area contributed by atoms with Crippen molar-refractivity contribution in [3.63, 3.8) is 0 Å². The van der Waals surface area contributed by atoms with E-state index in [-0.39, 0.29) is 5.91 Å². The third-order valence-electron chi connectivity index (χ3n) is 6.45. The fourth-order valence-electron chi connectivity index (χ4n) is 4.25. The number of halogens is 1. The van der Waals surface area contributed by atoms with E-state index < -0.39 is 5.67 Å². The van der Waals surface area contributed by atoms with Gasteiger partial charge in [0.1, 0.15) is 11.5 Å². The van der Waals surface area contributed by atoms with Gasteiger partial charge in [-0.15, -0.1) is 0 Å². The molecule has 0 unspecified atom stereocenters. The average molecular weight is 423 g/mol. The molecule has 3 aliphatic rings. The van der Waals surface area contributed by atoms with E-state index in [1.807, 2.05) is 30.0 Å². The quantitative estimate of drug-likeness (QED) is 0.687. The molecule has 0 saturated carbocycles. The van der Waals surface area contributed by atoms with Crippen LogP contribution < -0.4 is 4.90 Å². The van der Waals surface area contributed by atoms with Gasteiger partial charge in [-0.05, 0) is 49.5 Å². The zero-order valence-corrected chi connectivity index (χ0v) is 17.8. The van der Waals surface area contributed by atoms with E-state index in [2.05, 4.69) is 18.1 Å². The number of allylic oxidation sites excluding steroid dienone is 2. The third kappa shape index (κ3) is 3.92. The number of pyridine rings is 1. The minimum Gasteiger partial charge on any atom is -0.338 e. The second-order valence-electron chi connectivity index (χ2n) is 8.29. The Morgan fingerprint density at radius 2 is 2.03 bits per heavy atom. The van der Waals surface area contributed by atoms with Gasteiger partial charge in [-0.25, -0.2) is 9.37 Å². The number of carbonyl (C=O) groups excluding carboxylic acids is 2. The number of amides is 2. The smallest absolute Gasteiger partial charge is 0.255 e. The molecule has 0 atom stereocenters. The Morgan fingerprint density at radius 1 is 1.29 bits per heavy atom. The summed E-state index contributed by atoms with van der Waals surface area (Å²) in [6, 6.07) is 1.84. The Morgan fingerprint density at radius 3 is 2.68 bits per heavy atom. The summed E-state index contributed by atoms with van der Waals surface area (Å²) in [6.45, 7) is 11.5. The van der Waals surface area contributed by atoms with E-state index in [4.69, 9.17) is 0 Å². The molecule has 7 heteroatoms. The Kier molecular flexibility index (Phi) is 5.52. The van der Waals surface area contributed by atoms with Crippen molar-refractivity contribution in [2.24, 2.45) is 0 Å². The number of hydrogen-bond acceptors (Lipinski definition) is 4. The summed E-state index contributed by atoms with van der Waals surface area (Å²) in [5, 5.41) is 0. The van der Waals surface area contributed by atoms with Crippen LogP contribution >= 0.6 is 0 Å². The summed E-state index contributed by atoms with van der Waals surface area (Å²) in [6.07, 6.45) is 9.59. The summed E-state index contributed by atoms with van der Waals surface area (Å²) < 4.78 is 14.5. The van der Waals surface area contributed by atoms with Crippen molar-refractivity contribution in [2.45, 2.75) is 38.3 Å². The largest absolute Gasteiger partial charge is 0.338 e. The average Bonchev–Trinajstić information content (AvgIpc) is 2.79. The highest BCUT2D eigenvalue weighted by Gasteiger charge is 2.35. The van der Waals surface area contributed by atoms with E-state index in [1.165, 1.54) is 4.90 Å². The predicted octanol–water partition coefficient (Wildman–Crippen LogP) is 4.04. The van der Waals surface area contributed by atoms with E-state index in [9.17, 15) is 14.0 Å². The Bertz CT molecular complexity index is 1000. The maximum atomic E-state index is 14.5. The maximum Gasteiger partial charge on any atom is 0.255 e. The van der Waals surface area contributed by atoms with Gasteiger partial charge in [0.15, 0.2) is 0 Å². The second-order valence-corrected chi connectivity index (χ2v) is 8.29. The van der Waals surface area contributed by atoms with Crippen LogP contribution in [0.1, 0.15) is 48.5 Å². The molecule has 4 heterocycles. The summed E-state index contributed by atoms with van der Waals surface area (Å²) in [5.41, 5.74) is 2.54. The summed E-state index contributed by atoms with van der Waals surface area (Å²) in [7, 11) is 0. The SMILES string of the molecule is C=C1CCN(C2=CC(=C)N(C=O)C=C2)c2ncc(C(=O)N3CCC(F)(CC)CC3)cc21. The van der Waals surface area contributed by atoms with Crippen LogP contribution in [0.4, 0.5) is 10.2 Å². The summed E-state index contributed by atoms with van der Waals surface area (Å²) in [5.74, 6) is 0.605. The van der Waals surface area contributed by atoms with Crippen LogP contribution in [0, 0.1) is 0 Å². The molecular weight excluding hydrogens is 395 g/mol. The van der Waals surface area contributed by atoms with Gasteiger partial charge in [-0.1, -0.05) is 20.1 Å². The molecular formula is C24H27FN4O2. The Hall–Kier alpha value is -3.22. The summed E-state index contributed by atoms with van der Waals surface area (Å²) >= 11 is 0. The van der Waals surface area contributed by atoms with E-state index in [1.54, 1.807) is 17.3 Å². The van der Waals surface area contributed by atoms with Crippen molar-refractivity contribution in [3.8, 4) is 0 Å². The molecule has 0 N–H and O–H groups in total. The van der Waals surface area contributed by atoms with Crippen molar-refractivity contribution in [1.82, 2.24) is 14.8 Å². The first-order chi connectivity index (χ1) is 14.8. The van der Waals surface area contributed by atoms with Crippen LogP contribution in [0.3, 0.4) is 0 Å². The lowest BCUT2D eigenvalue weighted by Gasteiger charge is -2.36. The molecule has 0 aromatic carbocycles. The molecule has 0 aliphatic carbocycles. The molecule has 1 aromatic rings. The molecule has 0 bridgehead atoms. The van der Waals surface area contributed by atoms with Gasteiger partial charge in [0.2, 0.25) is 6.41 Å². The molecule has 1 aromatic heterocycles. The van der Waals surface area contributed by atoms with Gasteiger partial charge in [-0.3, -0.25) is 14.5 Å². The fraction of sp³-hybridized carbons (Fsp3) is 0.375. The van der Waals surface area contributed by atoms with Gasteiger partial charge in [0.25, 0.3) is 5.91 Å². The van der Waals surface area contributed by atoms with Gasteiger partial charge >= 0.3 is 0 Å². The molecule has 3 aliphatic heterocycles. The lowest BCUT2D eigenvalue weighted by atomic mass is 9.90. The topological polar surface area (TPSA) is 56.8 Å². The van der Waals surface area contributed by atoms with E-state index in [0.29, 0.717) is 56.6 Å². The number of piperidine rings is 1. The highest BCUT2D eigenvalue weighted by Crippen LogP contribution is 2.36. The molecule has 31 heavy (non-hydrogen) atoms. The second kappa shape index (κ2) is 8.13. The van der Waals surface area contributed by atoms with Crippen LogP contribution in [0.25, 0.3) is 5.57 Å². The van der Waals surface area contributed by atoms with Crippen molar-refractivity contribution < 1.29 is 14.0 Å².